The summed E-state index contributed by atoms with van der Waals surface area (Å²) in [5, 5.41) is 4.29. The number of methoxy groups -OCH3 is 2. The molecular formula is C31H34N6O5. The smallest absolute Gasteiger partial charge is 0.328 e. The zero-order chi connectivity index (χ0) is 29.9. The summed E-state index contributed by atoms with van der Waals surface area (Å²) >= 11 is 0. The van der Waals surface area contributed by atoms with Crippen LogP contribution in [0.3, 0.4) is 0 Å². The first kappa shape index (κ1) is 28.5. The lowest BCUT2D eigenvalue weighted by molar-refractivity contribution is -0.155. The largest absolute Gasteiger partial charge is 0.497 e. The van der Waals surface area contributed by atoms with Crippen LogP contribution in [0.25, 0.3) is 22.3 Å². The highest BCUT2D eigenvalue weighted by molar-refractivity contribution is 5.80. The van der Waals surface area contributed by atoms with Crippen molar-refractivity contribution in [2.45, 2.75) is 46.1 Å². The minimum atomic E-state index is -0.556. The number of fused-ring (bicyclic) bond motifs is 1. The summed E-state index contributed by atoms with van der Waals surface area (Å²) in [6.07, 6.45) is 5.20. The molecule has 0 bridgehead atoms. The van der Waals surface area contributed by atoms with Gasteiger partial charge in [-0.25, -0.2) is 9.97 Å². The fraction of sp³-hybridized carbons (Fsp3) is 0.290. The zero-order valence-corrected chi connectivity index (χ0v) is 24.3. The number of anilines is 1. The average Bonchev–Trinajstić information content (AvgIpc) is 3.54. The molecule has 5 rings (SSSR count). The molecule has 218 valence electrons. The predicted molar refractivity (Wildman–Crippen MR) is 158 cm³/mol. The fourth-order valence-corrected chi connectivity index (χ4v) is 4.44. The predicted octanol–water partition coefficient (Wildman–Crippen LogP) is 4.86. The SMILES string of the molecule is COc1ccc(COc2ccc(Cn3c(N)nc4cc(-c5cnn(CC(=O)OC(C)(C)C)c5)cnc43)cc2OC)cc1. The Morgan fingerprint density at radius 2 is 1.69 bits per heavy atom. The lowest BCUT2D eigenvalue weighted by Gasteiger charge is -2.19. The number of benzene rings is 2. The molecule has 11 heteroatoms. The third-order valence-corrected chi connectivity index (χ3v) is 6.41. The van der Waals surface area contributed by atoms with Crippen LogP contribution in [-0.2, 0) is 29.2 Å². The van der Waals surface area contributed by atoms with Gasteiger partial charge < -0.3 is 24.7 Å². The number of carbonyl (C=O) groups is 1. The number of nitrogen functional groups attached to an aromatic ring is 1. The van der Waals surface area contributed by atoms with Crippen LogP contribution < -0.4 is 19.9 Å². The van der Waals surface area contributed by atoms with E-state index in [9.17, 15) is 4.79 Å². The Bertz CT molecular complexity index is 1700. The molecule has 3 aromatic heterocycles. The first-order valence-electron chi connectivity index (χ1n) is 13.4. The van der Waals surface area contributed by atoms with Gasteiger partial charge in [-0.05, 0) is 62.2 Å². The molecule has 0 radical (unpaired) electrons. The molecule has 0 atom stereocenters. The molecule has 0 unspecified atom stereocenters. The molecule has 42 heavy (non-hydrogen) atoms. The molecule has 2 N–H and O–H groups in total. The van der Waals surface area contributed by atoms with E-state index in [1.165, 1.54) is 0 Å². The lowest BCUT2D eigenvalue weighted by atomic mass is 10.1. The molecule has 3 heterocycles. The van der Waals surface area contributed by atoms with Crippen LogP contribution in [0, 0.1) is 0 Å². The van der Waals surface area contributed by atoms with E-state index in [0.717, 1.165) is 28.0 Å². The molecule has 0 amide bonds. The molecule has 2 aromatic carbocycles. The number of imidazole rings is 1. The second kappa shape index (κ2) is 11.8. The van der Waals surface area contributed by atoms with E-state index < -0.39 is 5.60 Å². The molecule has 0 aliphatic carbocycles. The molecule has 0 saturated heterocycles. The summed E-state index contributed by atoms with van der Waals surface area (Å²) in [6.45, 7) is 6.34. The summed E-state index contributed by atoms with van der Waals surface area (Å²) in [7, 11) is 3.25. The number of aromatic nitrogens is 5. The summed E-state index contributed by atoms with van der Waals surface area (Å²) in [6, 6.07) is 15.4. The van der Waals surface area contributed by atoms with Gasteiger partial charge in [0.15, 0.2) is 17.1 Å². The number of nitrogens with zero attached hydrogens (tertiary/aromatic N) is 5. The second-order valence-electron chi connectivity index (χ2n) is 10.8. The maximum atomic E-state index is 12.2. The number of ether oxygens (including phenoxy) is 4. The molecular weight excluding hydrogens is 536 g/mol. The van der Waals surface area contributed by atoms with Gasteiger partial charge in [-0.15, -0.1) is 0 Å². The van der Waals surface area contributed by atoms with Crippen molar-refractivity contribution in [1.29, 1.82) is 0 Å². The Morgan fingerprint density at radius 3 is 2.40 bits per heavy atom. The van der Waals surface area contributed by atoms with Crippen molar-refractivity contribution in [2.75, 3.05) is 20.0 Å². The van der Waals surface area contributed by atoms with Crippen LogP contribution in [0.5, 0.6) is 17.2 Å². The molecule has 0 aliphatic heterocycles. The van der Waals surface area contributed by atoms with Gasteiger partial charge in [0.1, 0.15) is 30.0 Å². The number of esters is 1. The molecule has 11 nitrogen and oxygen atoms in total. The topological polar surface area (TPSA) is 129 Å². The van der Waals surface area contributed by atoms with Gasteiger partial charge in [0.25, 0.3) is 0 Å². The van der Waals surface area contributed by atoms with Gasteiger partial charge in [-0.3, -0.25) is 14.0 Å². The molecule has 0 fully saturated rings. The Hall–Kier alpha value is -5.06. The molecule has 0 spiro atoms. The highest BCUT2D eigenvalue weighted by Crippen LogP contribution is 2.31. The van der Waals surface area contributed by atoms with Crippen molar-refractivity contribution in [3.8, 4) is 28.4 Å². The number of nitrogens with two attached hydrogens (primary N) is 1. The number of hydrogen-bond acceptors (Lipinski definition) is 9. The minimum absolute atomic E-state index is 0.0172. The summed E-state index contributed by atoms with van der Waals surface area (Å²) in [5.41, 5.74) is 10.6. The minimum Gasteiger partial charge on any atom is -0.497 e. The highest BCUT2D eigenvalue weighted by atomic mass is 16.6. The molecule has 0 saturated carbocycles. The number of pyridine rings is 1. The van der Waals surface area contributed by atoms with E-state index in [1.54, 1.807) is 37.5 Å². The zero-order valence-electron chi connectivity index (χ0n) is 24.3. The van der Waals surface area contributed by atoms with Gasteiger partial charge in [0.2, 0.25) is 5.95 Å². The van der Waals surface area contributed by atoms with Crippen LogP contribution in [0.1, 0.15) is 31.9 Å². The molecule has 5 aromatic rings. The maximum Gasteiger partial charge on any atom is 0.328 e. The third kappa shape index (κ3) is 6.63. The van der Waals surface area contributed by atoms with E-state index in [-0.39, 0.29) is 12.5 Å². The Balaban J connectivity index is 1.30. The van der Waals surface area contributed by atoms with Crippen LogP contribution >= 0.6 is 0 Å². The highest BCUT2D eigenvalue weighted by Gasteiger charge is 2.18. The maximum absolute atomic E-state index is 12.2. The quantitative estimate of drug-likeness (QED) is 0.234. The van der Waals surface area contributed by atoms with Crippen molar-refractivity contribution < 1.29 is 23.7 Å². The van der Waals surface area contributed by atoms with Crippen molar-refractivity contribution in [3.63, 3.8) is 0 Å². The van der Waals surface area contributed by atoms with E-state index in [1.807, 2.05) is 73.9 Å². The normalized spacial score (nSPS) is 11.5. The van der Waals surface area contributed by atoms with E-state index >= 15 is 0 Å². The van der Waals surface area contributed by atoms with Crippen molar-refractivity contribution >= 4 is 23.1 Å². The number of hydrogen-bond donors (Lipinski definition) is 1. The van der Waals surface area contributed by atoms with E-state index in [2.05, 4.69) is 15.1 Å². The Kier molecular flexibility index (Phi) is 8.01. The Labute approximate surface area is 243 Å². The summed E-state index contributed by atoms with van der Waals surface area (Å²) < 4.78 is 25.6. The van der Waals surface area contributed by atoms with Crippen molar-refractivity contribution in [1.82, 2.24) is 24.3 Å². The summed E-state index contributed by atoms with van der Waals surface area (Å²) in [5.74, 6) is 2.03. The van der Waals surface area contributed by atoms with Crippen molar-refractivity contribution in [3.05, 3.63) is 78.2 Å². The van der Waals surface area contributed by atoms with Crippen LogP contribution in [0.2, 0.25) is 0 Å². The lowest BCUT2D eigenvalue weighted by Crippen LogP contribution is -2.26. The Morgan fingerprint density at radius 1 is 0.929 bits per heavy atom. The van der Waals surface area contributed by atoms with E-state index in [0.29, 0.717) is 41.8 Å². The van der Waals surface area contributed by atoms with E-state index in [4.69, 9.17) is 24.7 Å². The van der Waals surface area contributed by atoms with Gasteiger partial charge in [-0.1, -0.05) is 18.2 Å². The summed E-state index contributed by atoms with van der Waals surface area (Å²) in [4.78, 5) is 21.4. The second-order valence-corrected chi connectivity index (χ2v) is 10.8. The van der Waals surface area contributed by atoms with Crippen LogP contribution in [0.4, 0.5) is 5.95 Å². The fourth-order valence-electron chi connectivity index (χ4n) is 4.44. The standard InChI is InChI=1S/C31H34N6O5/c1-31(2,3)42-28(38)18-36-17-23(15-34-36)22-13-25-29(33-14-22)37(30(32)35-25)16-21-8-11-26(27(12-21)40-5)41-19-20-6-9-24(39-4)10-7-20/h6-15,17H,16,18-19H2,1-5H3,(H2,32,35). The number of carbonyl (C=O) groups excluding carboxylic acids is 1. The van der Waals surface area contributed by atoms with Gasteiger partial charge in [0.05, 0.1) is 27.0 Å². The van der Waals surface area contributed by atoms with Gasteiger partial charge in [0, 0.05) is 23.5 Å². The van der Waals surface area contributed by atoms with Crippen LogP contribution in [-0.4, -0.2) is 50.1 Å². The average molecular weight is 571 g/mol. The van der Waals surface area contributed by atoms with Crippen LogP contribution in [0.15, 0.2) is 67.1 Å². The van der Waals surface area contributed by atoms with Gasteiger partial charge in [-0.2, -0.15) is 5.10 Å². The van der Waals surface area contributed by atoms with Crippen molar-refractivity contribution in [2.24, 2.45) is 0 Å². The first-order chi connectivity index (χ1) is 20.1. The first-order valence-corrected chi connectivity index (χ1v) is 13.4. The number of rotatable bonds is 10. The van der Waals surface area contributed by atoms with Gasteiger partial charge >= 0.3 is 5.97 Å². The third-order valence-electron chi connectivity index (χ3n) is 6.41. The molecule has 0 aliphatic rings. The monoisotopic (exact) mass is 570 g/mol.